The molecule has 0 radical (unpaired) electrons. The van der Waals surface area contributed by atoms with Gasteiger partial charge in [-0.15, -0.1) is 0 Å². The predicted molar refractivity (Wildman–Crippen MR) is 73.7 cm³/mol. The van der Waals surface area contributed by atoms with E-state index in [1.165, 1.54) is 0 Å². The Morgan fingerprint density at radius 1 is 1.32 bits per heavy atom. The minimum atomic E-state index is -0.908. The first kappa shape index (κ1) is 13.2. The Hall–Kier alpha value is -2.23. The van der Waals surface area contributed by atoms with E-state index < -0.39 is 5.97 Å². The smallest absolute Gasteiger partial charge is 0.337 e. The van der Waals surface area contributed by atoms with Crippen molar-refractivity contribution in [3.63, 3.8) is 0 Å². The van der Waals surface area contributed by atoms with Crippen LogP contribution in [0.15, 0.2) is 34.9 Å². The maximum absolute atomic E-state index is 11.3. The maximum atomic E-state index is 11.3. The molecule has 1 aromatic carbocycles. The van der Waals surface area contributed by atoms with E-state index in [-0.39, 0.29) is 0 Å². The lowest BCUT2D eigenvalue weighted by atomic mass is 10.1. The molecule has 1 heterocycles. The van der Waals surface area contributed by atoms with Crippen LogP contribution in [0.1, 0.15) is 27.2 Å². The topological polar surface area (TPSA) is 53.7 Å². The van der Waals surface area contributed by atoms with Gasteiger partial charge >= 0.3 is 5.97 Å². The lowest BCUT2D eigenvalue weighted by molar-refractivity contribution is 0.0697. The van der Waals surface area contributed by atoms with Gasteiger partial charge in [0.1, 0.15) is 5.76 Å². The van der Waals surface area contributed by atoms with Gasteiger partial charge in [0.2, 0.25) is 0 Å². The largest absolute Gasteiger partial charge is 0.478 e. The summed E-state index contributed by atoms with van der Waals surface area (Å²) in [5.41, 5.74) is 3.07. The first-order chi connectivity index (χ1) is 9.00. The average molecular weight is 259 g/mol. The standard InChI is InChI=1S/C15H17NO3/c1-10-5-4-6-13(15(17)18)14(10)16(3)9-12-7-8-19-11(12)2/h4-8H,9H2,1-3H3,(H,17,18). The molecule has 0 atom stereocenters. The monoisotopic (exact) mass is 259 g/mol. The van der Waals surface area contributed by atoms with Crippen LogP contribution >= 0.6 is 0 Å². The number of aryl methyl sites for hydroxylation is 2. The van der Waals surface area contributed by atoms with Crippen molar-refractivity contribution in [2.24, 2.45) is 0 Å². The normalized spacial score (nSPS) is 10.5. The summed E-state index contributed by atoms with van der Waals surface area (Å²) in [6.07, 6.45) is 1.65. The first-order valence-electron chi connectivity index (χ1n) is 6.07. The summed E-state index contributed by atoms with van der Waals surface area (Å²) in [4.78, 5) is 13.2. The molecule has 1 aromatic heterocycles. The van der Waals surface area contributed by atoms with Crippen LogP contribution in [0, 0.1) is 13.8 Å². The van der Waals surface area contributed by atoms with Gasteiger partial charge in [0.15, 0.2) is 0 Å². The van der Waals surface area contributed by atoms with Crippen molar-refractivity contribution >= 4 is 11.7 Å². The Bertz CT molecular complexity index is 601. The second-order valence-corrected chi connectivity index (χ2v) is 4.63. The van der Waals surface area contributed by atoms with E-state index in [9.17, 15) is 9.90 Å². The van der Waals surface area contributed by atoms with E-state index in [4.69, 9.17) is 4.42 Å². The average Bonchev–Trinajstić information content (AvgIpc) is 2.74. The van der Waals surface area contributed by atoms with Crippen LogP contribution in [0.5, 0.6) is 0 Å². The molecule has 0 saturated heterocycles. The van der Waals surface area contributed by atoms with Gasteiger partial charge in [0.05, 0.1) is 17.5 Å². The van der Waals surface area contributed by atoms with Crippen LogP contribution in [-0.2, 0) is 6.54 Å². The fraction of sp³-hybridized carbons (Fsp3) is 0.267. The number of hydrogen-bond donors (Lipinski definition) is 1. The highest BCUT2D eigenvalue weighted by molar-refractivity contribution is 5.95. The molecule has 0 fully saturated rings. The molecule has 0 spiro atoms. The maximum Gasteiger partial charge on any atom is 0.337 e. The fourth-order valence-corrected chi connectivity index (χ4v) is 2.25. The minimum Gasteiger partial charge on any atom is -0.478 e. The van der Waals surface area contributed by atoms with Crippen molar-refractivity contribution in [3.8, 4) is 0 Å². The minimum absolute atomic E-state index is 0.323. The molecule has 2 aromatic rings. The Balaban J connectivity index is 2.36. The zero-order valence-electron chi connectivity index (χ0n) is 11.3. The summed E-state index contributed by atoms with van der Waals surface area (Å²) < 4.78 is 5.27. The Morgan fingerprint density at radius 3 is 2.63 bits per heavy atom. The summed E-state index contributed by atoms with van der Waals surface area (Å²) in [6, 6.07) is 7.22. The number of carboxylic acids is 1. The van der Waals surface area contributed by atoms with E-state index in [0.717, 1.165) is 22.6 Å². The van der Waals surface area contributed by atoms with E-state index >= 15 is 0 Å². The number of nitrogens with zero attached hydrogens (tertiary/aromatic N) is 1. The SMILES string of the molecule is Cc1cccc(C(=O)O)c1N(C)Cc1ccoc1C. The lowest BCUT2D eigenvalue weighted by Crippen LogP contribution is -2.20. The molecule has 4 heteroatoms. The number of anilines is 1. The van der Waals surface area contributed by atoms with Crippen LogP contribution in [0.4, 0.5) is 5.69 Å². The number of para-hydroxylation sites is 1. The predicted octanol–water partition coefficient (Wildman–Crippen LogP) is 3.23. The van der Waals surface area contributed by atoms with Crippen LogP contribution in [0.3, 0.4) is 0 Å². The van der Waals surface area contributed by atoms with Gasteiger partial charge in [0.25, 0.3) is 0 Å². The van der Waals surface area contributed by atoms with Crippen LogP contribution < -0.4 is 4.90 Å². The summed E-state index contributed by atoms with van der Waals surface area (Å²) in [5.74, 6) is -0.0493. The molecular formula is C15H17NO3. The number of furan rings is 1. The summed E-state index contributed by atoms with van der Waals surface area (Å²) >= 11 is 0. The van der Waals surface area contributed by atoms with Gasteiger partial charge in [-0.1, -0.05) is 12.1 Å². The number of carbonyl (C=O) groups is 1. The van der Waals surface area contributed by atoms with Gasteiger partial charge < -0.3 is 14.4 Å². The van der Waals surface area contributed by atoms with Gasteiger partial charge in [-0.3, -0.25) is 0 Å². The quantitative estimate of drug-likeness (QED) is 0.915. The molecule has 0 saturated carbocycles. The first-order valence-corrected chi connectivity index (χ1v) is 6.07. The summed E-state index contributed by atoms with van der Waals surface area (Å²) in [6.45, 7) is 4.44. The van der Waals surface area contributed by atoms with E-state index in [1.54, 1.807) is 18.4 Å². The molecule has 2 rings (SSSR count). The molecule has 0 aliphatic carbocycles. The van der Waals surface area contributed by atoms with Gasteiger partial charge in [-0.05, 0) is 31.5 Å². The number of rotatable bonds is 4. The van der Waals surface area contributed by atoms with Crippen LogP contribution in [0.2, 0.25) is 0 Å². The van der Waals surface area contributed by atoms with Crippen molar-refractivity contribution in [1.82, 2.24) is 0 Å². The highest BCUT2D eigenvalue weighted by Gasteiger charge is 2.16. The molecule has 0 aliphatic heterocycles. The molecule has 4 nitrogen and oxygen atoms in total. The lowest BCUT2D eigenvalue weighted by Gasteiger charge is -2.23. The van der Waals surface area contributed by atoms with Gasteiger partial charge in [-0.2, -0.15) is 0 Å². The zero-order chi connectivity index (χ0) is 14.0. The number of carboxylic acid groups (broad SMARTS) is 1. The van der Waals surface area contributed by atoms with Crippen molar-refractivity contribution < 1.29 is 14.3 Å². The van der Waals surface area contributed by atoms with Crippen LogP contribution in [0.25, 0.3) is 0 Å². The second-order valence-electron chi connectivity index (χ2n) is 4.63. The molecule has 0 aliphatic rings. The van der Waals surface area contributed by atoms with E-state index in [2.05, 4.69) is 0 Å². The number of hydrogen-bond acceptors (Lipinski definition) is 3. The molecule has 0 amide bonds. The Kier molecular flexibility index (Phi) is 3.60. The van der Waals surface area contributed by atoms with Crippen molar-refractivity contribution in [1.29, 1.82) is 0 Å². The molecule has 0 unspecified atom stereocenters. The number of aromatic carboxylic acids is 1. The van der Waals surface area contributed by atoms with Gasteiger partial charge in [0, 0.05) is 19.2 Å². The molecule has 100 valence electrons. The number of benzene rings is 1. The third-order valence-electron chi connectivity index (χ3n) is 3.22. The zero-order valence-corrected chi connectivity index (χ0v) is 11.3. The van der Waals surface area contributed by atoms with E-state index in [0.29, 0.717) is 12.1 Å². The van der Waals surface area contributed by atoms with Gasteiger partial charge in [-0.25, -0.2) is 4.79 Å². The van der Waals surface area contributed by atoms with Crippen molar-refractivity contribution in [2.75, 3.05) is 11.9 Å². The highest BCUT2D eigenvalue weighted by Crippen LogP contribution is 2.26. The summed E-state index contributed by atoms with van der Waals surface area (Å²) in [7, 11) is 1.89. The second kappa shape index (κ2) is 5.18. The van der Waals surface area contributed by atoms with Crippen molar-refractivity contribution in [2.45, 2.75) is 20.4 Å². The van der Waals surface area contributed by atoms with Crippen molar-refractivity contribution in [3.05, 3.63) is 53.0 Å². The van der Waals surface area contributed by atoms with Crippen LogP contribution in [-0.4, -0.2) is 18.1 Å². The molecule has 0 bridgehead atoms. The fourth-order valence-electron chi connectivity index (χ4n) is 2.25. The third-order valence-corrected chi connectivity index (χ3v) is 3.22. The molecule has 1 N–H and O–H groups in total. The Labute approximate surface area is 112 Å². The third kappa shape index (κ3) is 2.62. The van der Waals surface area contributed by atoms with E-state index in [1.807, 2.05) is 37.9 Å². The summed E-state index contributed by atoms with van der Waals surface area (Å²) in [5, 5.41) is 9.27. The Morgan fingerprint density at radius 2 is 2.05 bits per heavy atom. The highest BCUT2D eigenvalue weighted by atomic mass is 16.4. The molecular weight excluding hydrogens is 242 g/mol. The molecule has 19 heavy (non-hydrogen) atoms.